The third-order valence-electron chi connectivity index (χ3n) is 2.82. The molecular weight excluding hydrogens is 280 g/mol. The largest absolute Gasteiger partial charge is 0.496 e. The maximum atomic E-state index is 12.1. The summed E-state index contributed by atoms with van der Waals surface area (Å²) in [6.45, 7) is 1.79. The van der Waals surface area contributed by atoms with Gasteiger partial charge in [-0.25, -0.2) is 4.79 Å². The van der Waals surface area contributed by atoms with Crippen LogP contribution in [0.25, 0.3) is 0 Å². The minimum absolute atomic E-state index is 0.0750. The van der Waals surface area contributed by atoms with Gasteiger partial charge in [-0.3, -0.25) is 14.9 Å². The molecule has 1 aromatic rings. The number of hydrogen-bond donors (Lipinski definition) is 2. The number of benzene rings is 1. The van der Waals surface area contributed by atoms with Crippen LogP contribution >= 0.6 is 0 Å². The molecule has 0 radical (unpaired) electrons. The summed E-state index contributed by atoms with van der Waals surface area (Å²) in [6, 6.07) is 2.50. The van der Waals surface area contributed by atoms with E-state index in [0.29, 0.717) is 6.42 Å². The van der Waals surface area contributed by atoms with Crippen molar-refractivity contribution in [3.63, 3.8) is 0 Å². The number of aliphatic carboxylic acids is 1. The second kappa shape index (κ2) is 7.22. The van der Waals surface area contributed by atoms with Gasteiger partial charge in [0.15, 0.2) is 0 Å². The van der Waals surface area contributed by atoms with Gasteiger partial charge in [-0.2, -0.15) is 0 Å². The monoisotopic (exact) mass is 296 g/mol. The molecule has 0 heterocycles. The van der Waals surface area contributed by atoms with Crippen molar-refractivity contribution in [3.8, 4) is 5.75 Å². The molecule has 1 amide bonds. The highest BCUT2D eigenvalue weighted by molar-refractivity contribution is 5.99. The molecule has 0 aliphatic carbocycles. The number of carbonyl (C=O) groups is 2. The molecule has 0 fully saturated rings. The molecule has 0 aliphatic heterocycles. The van der Waals surface area contributed by atoms with Crippen molar-refractivity contribution < 1.29 is 24.4 Å². The van der Waals surface area contributed by atoms with Crippen molar-refractivity contribution in [2.75, 3.05) is 7.11 Å². The molecule has 0 aromatic heterocycles. The second-order valence-corrected chi connectivity index (χ2v) is 4.29. The number of ether oxygens (including phenoxy) is 1. The summed E-state index contributed by atoms with van der Waals surface area (Å²) < 4.78 is 4.97. The maximum Gasteiger partial charge on any atom is 0.326 e. The number of hydrogen-bond acceptors (Lipinski definition) is 5. The van der Waals surface area contributed by atoms with E-state index in [-0.39, 0.29) is 23.4 Å². The number of nitro benzene ring substituents is 1. The number of nitrogens with one attached hydrogen (secondary N) is 1. The molecule has 2 N–H and O–H groups in total. The first-order valence-electron chi connectivity index (χ1n) is 6.26. The normalized spacial score (nSPS) is 11.5. The second-order valence-electron chi connectivity index (χ2n) is 4.29. The molecule has 114 valence electrons. The number of carbonyl (C=O) groups excluding carboxylic acids is 1. The van der Waals surface area contributed by atoms with Gasteiger partial charge in [-0.15, -0.1) is 0 Å². The number of amides is 1. The molecule has 1 rings (SSSR count). The van der Waals surface area contributed by atoms with Gasteiger partial charge in [0, 0.05) is 12.1 Å². The Morgan fingerprint density at radius 2 is 2.14 bits per heavy atom. The van der Waals surface area contributed by atoms with Gasteiger partial charge < -0.3 is 15.2 Å². The molecule has 21 heavy (non-hydrogen) atoms. The van der Waals surface area contributed by atoms with Gasteiger partial charge in [-0.1, -0.05) is 13.3 Å². The van der Waals surface area contributed by atoms with Crippen LogP contribution in [0.4, 0.5) is 5.69 Å². The summed E-state index contributed by atoms with van der Waals surface area (Å²) in [7, 11) is 1.32. The van der Waals surface area contributed by atoms with Crippen molar-refractivity contribution in [1.29, 1.82) is 0 Å². The number of carboxylic acid groups (broad SMARTS) is 1. The zero-order valence-corrected chi connectivity index (χ0v) is 11.7. The Morgan fingerprint density at radius 3 is 2.62 bits per heavy atom. The molecule has 0 spiro atoms. The van der Waals surface area contributed by atoms with Crippen LogP contribution in [-0.4, -0.2) is 35.1 Å². The van der Waals surface area contributed by atoms with Crippen molar-refractivity contribution >= 4 is 17.6 Å². The van der Waals surface area contributed by atoms with Gasteiger partial charge in [0.1, 0.15) is 11.8 Å². The molecule has 8 nitrogen and oxygen atoms in total. The lowest BCUT2D eigenvalue weighted by atomic mass is 10.1. The lowest BCUT2D eigenvalue weighted by Crippen LogP contribution is -2.40. The molecule has 8 heteroatoms. The number of methoxy groups -OCH3 is 1. The van der Waals surface area contributed by atoms with Crippen molar-refractivity contribution in [2.24, 2.45) is 0 Å². The maximum absolute atomic E-state index is 12.1. The Balaban J connectivity index is 3.07. The molecular formula is C13H16N2O6. The van der Waals surface area contributed by atoms with Crippen LogP contribution in [0.15, 0.2) is 18.2 Å². The first kappa shape index (κ1) is 16.4. The van der Waals surface area contributed by atoms with Crippen molar-refractivity contribution in [3.05, 3.63) is 33.9 Å². The Labute approximate surface area is 120 Å². The lowest BCUT2D eigenvalue weighted by molar-refractivity contribution is -0.384. The fraction of sp³-hybridized carbons (Fsp3) is 0.385. The molecule has 1 atom stereocenters. The van der Waals surface area contributed by atoms with E-state index >= 15 is 0 Å². The van der Waals surface area contributed by atoms with E-state index in [9.17, 15) is 19.7 Å². The first-order valence-corrected chi connectivity index (χ1v) is 6.26. The number of non-ortho nitro benzene ring substituents is 1. The van der Waals surface area contributed by atoms with Crippen LogP contribution in [0, 0.1) is 10.1 Å². The molecule has 1 aromatic carbocycles. The van der Waals surface area contributed by atoms with Gasteiger partial charge in [0.2, 0.25) is 0 Å². The third-order valence-corrected chi connectivity index (χ3v) is 2.82. The average molecular weight is 296 g/mol. The van der Waals surface area contributed by atoms with E-state index in [2.05, 4.69) is 5.32 Å². The number of carboxylic acids is 1. The van der Waals surface area contributed by atoms with E-state index in [1.54, 1.807) is 6.92 Å². The number of nitro groups is 1. The summed E-state index contributed by atoms with van der Waals surface area (Å²) in [5.74, 6) is -1.75. The molecule has 0 aliphatic rings. The van der Waals surface area contributed by atoms with Crippen LogP contribution in [0.3, 0.4) is 0 Å². The Hall–Kier alpha value is -2.64. The summed E-state index contributed by atoms with van der Waals surface area (Å²) >= 11 is 0. The predicted octanol–water partition coefficient (Wildman–Crippen LogP) is 1.59. The van der Waals surface area contributed by atoms with E-state index < -0.39 is 22.8 Å². The lowest BCUT2D eigenvalue weighted by Gasteiger charge is -2.14. The van der Waals surface area contributed by atoms with Crippen LogP contribution < -0.4 is 10.1 Å². The van der Waals surface area contributed by atoms with E-state index in [0.717, 1.165) is 6.07 Å². The topological polar surface area (TPSA) is 119 Å². The number of nitrogens with zero attached hydrogens (tertiary/aromatic N) is 1. The van der Waals surface area contributed by atoms with Crippen molar-refractivity contribution in [1.82, 2.24) is 5.32 Å². The van der Waals surface area contributed by atoms with Crippen molar-refractivity contribution in [2.45, 2.75) is 25.8 Å². The minimum Gasteiger partial charge on any atom is -0.496 e. The third kappa shape index (κ3) is 4.16. The molecule has 0 saturated heterocycles. The fourth-order valence-corrected chi connectivity index (χ4v) is 1.77. The molecule has 0 bridgehead atoms. The van der Waals surface area contributed by atoms with Crippen LogP contribution in [-0.2, 0) is 4.79 Å². The first-order chi connectivity index (χ1) is 9.90. The standard InChI is InChI=1S/C13H16N2O6/c1-3-4-10(13(17)18)14-12(16)9-7-8(15(19)20)5-6-11(9)21-2/h5-7,10H,3-4H2,1-2H3,(H,14,16)(H,17,18)/t10-/m1/s1. The van der Waals surface area contributed by atoms with E-state index in [4.69, 9.17) is 9.84 Å². The highest BCUT2D eigenvalue weighted by atomic mass is 16.6. The van der Waals surface area contributed by atoms with Gasteiger partial charge >= 0.3 is 5.97 Å². The minimum atomic E-state index is -1.16. The fourth-order valence-electron chi connectivity index (χ4n) is 1.77. The zero-order valence-electron chi connectivity index (χ0n) is 11.7. The van der Waals surface area contributed by atoms with Crippen LogP contribution in [0.1, 0.15) is 30.1 Å². The summed E-state index contributed by atoms with van der Waals surface area (Å²) in [6.07, 6.45) is 0.835. The SMILES string of the molecule is CCC[C@@H](NC(=O)c1cc([N+](=O)[O-])ccc1OC)C(=O)O. The Morgan fingerprint density at radius 1 is 1.48 bits per heavy atom. The number of rotatable bonds is 7. The smallest absolute Gasteiger partial charge is 0.326 e. The van der Waals surface area contributed by atoms with Gasteiger partial charge in [0.25, 0.3) is 11.6 Å². The van der Waals surface area contributed by atoms with Gasteiger partial charge in [-0.05, 0) is 12.5 Å². The summed E-state index contributed by atoms with van der Waals surface area (Å²) in [5, 5.41) is 22.1. The van der Waals surface area contributed by atoms with Crippen LogP contribution in [0.2, 0.25) is 0 Å². The summed E-state index contributed by atoms with van der Waals surface area (Å²) in [4.78, 5) is 33.2. The highest BCUT2D eigenvalue weighted by Gasteiger charge is 2.23. The van der Waals surface area contributed by atoms with E-state index in [1.165, 1.54) is 19.2 Å². The highest BCUT2D eigenvalue weighted by Crippen LogP contribution is 2.24. The van der Waals surface area contributed by atoms with E-state index in [1.807, 2.05) is 0 Å². The zero-order chi connectivity index (χ0) is 16.0. The Kier molecular flexibility index (Phi) is 5.65. The van der Waals surface area contributed by atoms with Crippen LogP contribution in [0.5, 0.6) is 5.75 Å². The molecule has 0 saturated carbocycles. The quantitative estimate of drug-likeness (QED) is 0.582. The van der Waals surface area contributed by atoms with Gasteiger partial charge in [0.05, 0.1) is 17.6 Å². The average Bonchev–Trinajstić information content (AvgIpc) is 2.45. The Bertz CT molecular complexity index is 558. The molecule has 0 unspecified atom stereocenters. The summed E-state index contributed by atoms with van der Waals surface area (Å²) in [5.41, 5.74) is -0.350. The predicted molar refractivity (Wildman–Crippen MR) is 73.4 cm³/mol.